The van der Waals surface area contributed by atoms with E-state index in [4.69, 9.17) is 0 Å². The van der Waals surface area contributed by atoms with Crippen LogP contribution in [0, 0.1) is 5.92 Å². The Morgan fingerprint density at radius 3 is 2.67 bits per heavy atom. The second kappa shape index (κ2) is 3.00. The van der Waals surface area contributed by atoms with Crippen LogP contribution in [0.15, 0.2) is 4.99 Å². The molecule has 0 aliphatic heterocycles. The van der Waals surface area contributed by atoms with Crippen LogP contribution < -0.4 is 0 Å². The molecule has 1 atom stereocenters. The number of hydrogen-bond donors (Lipinski definition) is 0. The molecule has 0 radical (unpaired) electrons. The fraction of sp³-hybridized carbons (Fsp3) is 0.875. The topological polar surface area (TPSA) is 12.4 Å². The summed E-state index contributed by atoms with van der Waals surface area (Å²) in [6.07, 6.45) is 5.36. The van der Waals surface area contributed by atoms with E-state index < -0.39 is 0 Å². The van der Waals surface area contributed by atoms with E-state index >= 15 is 0 Å². The van der Waals surface area contributed by atoms with Crippen molar-refractivity contribution in [3.05, 3.63) is 0 Å². The summed E-state index contributed by atoms with van der Waals surface area (Å²) in [6.45, 7) is 2.28. The minimum atomic E-state index is 0.767. The molecule has 0 saturated heterocycles. The van der Waals surface area contributed by atoms with Crippen LogP contribution in [0.3, 0.4) is 0 Å². The SMILES string of the molecule is C/N=C1/CCCCC1C. The lowest BCUT2D eigenvalue weighted by Gasteiger charge is -2.19. The number of nitrogens with zero attached hydrogens (tertiary/aromatic N) is 1. The molecule has 0 N–H and O–H groups in total. The quantitative estimate of drug-likeness (QED) is 0.471. The van der Waals surface area contributed by atoms with E-state index in [1.54, 1.807) is 0 Å². The lowest BCUT2D eigenvalue weighted by molar-refractivity contribution is 0.559. The molecule has 1 aliphatic rings. The largest absolute Gasteiger partial charge is 0.297 e. The third kappa shape index (κ3) is 1.54. The molecule has 1 rings (SSSR count). The first-order valence-electron chi connectivity index (χ1n) is 3.80. The third-order valence-corrected chi connectivity index (χ3v) is 2.18. The molecule has 1 fully saturated rings. The molecule has 1 heteroatoms. The molecule has 0 heterocycles. The summed E-state index contributed by atoms with van der Waals surface area (Å²) in [6, 6.07) is 0. The lowest BCUT2D eigenvalue weighted by Crippen LogP contribution is -2.15. The predicted molar refractivity (Wildman–Crippen MR) is 41.0 cm³/mol. The van der Waals surface area contributed by atoms with E-state index in [0.717, 1.165) is 5.92 Å². The Morgan fingerprint density at radius 1 is 1.44 bits per heavy atom. The molecule has 9 heavy (non-hydrogen) atoms. The zero-order chi connectivity index (χ0) is 6.69. The van der Waals surface area contributed by atoms with Gasteiger partial charge in [-0.3, -0.25) is 4.99 Å². The molecule has 1 unspecified atom stereocenters. The van der Waals surface area contributed by atoms with E-state index in [1.807, 2.05) is 7.05 Å². The van der Waals surface area contributed by atoms with E-state index in [2.05, 4.69) is 11.9 Å². The van der Waals surface area contributed by atoms with Gasteiger partial charge in [-0.1, -0.05) is 13.3 Å². The summed E-state index contributed by atoms with van der Waals surface area (Å²) < 4.78 is 0. The molecule has 0 bridgehead atoms. The van der Waals surface area contributed by atoms with Crippen molar-refractivity contribution < 1.29 is 0 Å². The van der Waals surface area contributed by atoms with Crippen LogP contribution >= 0.6 is 0 Å². The van der Waals surface area contributed by atoms with Crippen LogP contribution in [-0.4, -0.2) is 12.8 Å². The van der Waals surface area contributed by atoms with Crippen LogP contribution in [0.4, 0.5) is 0 Å². The summed E-state index contributed by atoms with van der Waals surface area (Å²) in [5.41, 5.74) is 1.43. The first-order chi connectivity index (χ1) is 4.34. The van der Waals surface area contributed by atoms with Gasteiger partial charge in [-0.2, -0.15) is 0 Å². The standard InChI is InChI=1S/C8H15N/c1-7-5-3-4-6-8(7)9-2/h7H,3-6H2,1-2H3/b9-8-. The van der Waals surface area contributed by atoms with Crippen molar-refractivity contribution in [3.8, 4) is 0 Å². The number of rotatable bonds is 0. The minimum Gasteiger partial charge on any atom is -0.297 e. The second-order valence-corrected chi connectivity index (χ2v) is 2.86. The molecule has 1 saturated carbocycles. The molecular formula is C8H15N. The van der Waals surface area contributed by atoms with E-state index in [0.29, 0.717) is 0 Å². The highest BCUT2D eigenvalue weighted by Gasteiger charge is 2.13. The Morgan fingerprint density at radius 2 is 2.22 bits per heavy atom. The Hall–Kier alpha value is -0.330. The summed E-state index contributed by atoms with van der Waals surface area (Å²) in [7, 11) is 1.91. The zero-order valence-electron chi connectivity index (χ0n) is 6.35. The zero-order valence-corrected chi connectivity index (χ0v) is 6.35. The normalized spacial score (nSPS) is 33.1. The van der Waals surface area contributed by atoms with Gasteiger partial charge in [0.1, 0.15) is 0 Å². The van der Waals surface area contributed by atoms with Gasteiger partial charge in [0.15, 0.2) is 0 Å². The first kappa shape index (κ1) is 6.79. The maximum Gasteiger partial charge on any atom is 0.0276 e. The Bertz CT molecular complexity index is 116. The average Bonchev–Trinajstić information content (AvgIpc) is 1.89. The molecule has 0 aromatic heterocycles. The monoisotopic (exact) mass is 125 g/mol. The maximum absolute atomic E-state index is 4.25. The highest BCUT2D eigenvalue weighted by Crippen LogP contribution is 2.20. The lowest BCUT2D eigenvalue weighted by atomic mass is 9.89. The highest BCUT2D eigenvalue weighted by atomic mass is 14.7. The number of hydrogen-bond acceptors (Lipinski definition) is 1. The minimum absolute atomic E-state index is 0.767. The van der Waals surface area contributed by atoms with Crippen molar-refractivity contribution in [1.82, 2.24) is 0 Å². The van der Waals surface area contributed by atoms with Crippen molar-refractivity contribution >= 4 is 5.71 Å². The van der Waals surface area contributed by atoms with Crippen molar-refractivity contribution in [1.29, 1.82) is 0 Å². The molecule has 52 valence electrons. The van der Waals surface area contributed by atoms with Crippen LogP contribution in [0.5, 0.6) is 0 Å². The molecule has 0 aromatic rings. The van der Waals surface area contributed by atoms with Gasteiger partial charge in [-0.15, -0.1) is 0 Å². The van der Waals surface area contributed by atoms with Crippen LogP contribution in [-0.2, 0) is 0 Å². The third-order valence-electron chi connectivity index (χ3n) is 2.18. The van der Waals surface area contributed by atoms with Crippen LogP contribution in [0.25, 0.3) is 0 Å². The van der Waals surface area contributed by atoms with Gasteiger partial charge in [0.05, 0.1) is 0 Å². The summed E-state index contributed by atoms with van der Waals surface area (Å²) in [4.78, 5) is 4.25. The Labute approximate surface area is 57.2 Å². The second-order valence-electron chi connectivity index (χ2n) is 2.86. The fourth-order valence-corrected chi connectivity index (χ4v) is 1.50. The summed E-state index contributed by atoms with van der Waals surface area (Å²) in [5, 5.41) is 0. The summed E-state index contributed by atoms with van der Waals surface area (Å²) >= 11 is 0. The van der Waals surface area contributed by atoms with Crippen molar-refractivity contribution in [2.24, 2.45) is 10.9 Å². The summed E-state index contributed by atoms with van der Waals surface area (Å²) in [5.74, 6) is 0.767. The van der Waals surface area contributed by atoms with Gasteiger partial charge in [0.25, 0.3) is 0 Å². The smallest absolute Gasteiger partial charge is 0.0276 e. The highest BCUT2D eigenvalue weighted by molar-refractivity contribution is 5.86. The average molecular weight is 125 g/mol. The predicted octanol–water partition coefficient (Wildman–Crippen LogP) is 2.27. The molecule has 1 aliphatic carbocycles. The molecule has 0 amide bonds. The molecule has 1 nitrogen and oxygen atoms in total. The van der Waals surface area contributed by atoms with Crippen molar-refractivity contribution in [2.45, 2.75) is 32.6 Å². The van der Waals surface area contributed by atoms with Gasteiger partial charge in [0, 0.05) is 12.8 Å². The van der Waals surface area contributed by atoms with Crippen molar-refractivity contribution in [2.75, 3.05) is 7.05 Å². The van der Waals surface area contributed by atoms with Gasteiger partial charge in [-0.05, 0) is 25.2 Å². The maximum atomic E-state index is 4.25. The van der Waals surface area contributed by atoms with Gasteiger partial charge in [0.2, 0.25) is 0 Å². The van der Waals surface area contributed by atoms with Crippen molar-refractivity contribution in [3.63, 3.8) is 0 Å². The van der Waals surface area contributed by atoms with Gasteiger partial charge >= 0.3 is 0 Å². The first-order valence-corrected chi connectivity index (χ1v) is 3.80. The van der Waals surface area contributed by atoms with Crippen LogP contribution in [0.2, 0.25) is 0 Å². The van der Waals surface area contributed by atoms with E-state index in [1.165, 1.54) is 31.4 Å². The van der Waals surface area contributed by atoms with Gasteiger partial charge in [-0.25, -0.2) is 0 Å². The molecule has 0 spiro atoms. The number of aliphatic imine (C=N–C) groups is 1. The van der Waals surface area contributed by atoms with Crippen LogP contribution in [0.1, 0.15) is 32.6 Å². The van der Waals surface area contributed by atoms with E-state index in [-0.39, 0.29) is 0 Å². The Kier molecular flexibility index (Phi) is 2.26. The van der Waals surface area contributed by atoms with E-state index in [9.17, 15) is 0 Å². The Balaban J connectivity index is 2.49. The molecular weight excluding hydrogens is 110 g/mol. The van der Waals surface area contributed by atoms with Gasteiger partial charge < -0.3 is 0 Å². The fourth-order valence-electron chi connectivity index (χ4n) is 1.50. The molecule has 0 aromatic carbocycles.